The smallest absolute Gasteiger partial charge is 0.142 e. The maximum atomic E-state index is 10.8. The van der Waals surface area contributed by atoms with Gasteiger partial charge in [0.2, 0.25) is 0 Å². The van der Waals surface area contributed by atoms with Crippen molar-refractivity contribution >= 4 is 22.4 Å². The van der Waals surface area contributed by atoms with E-state index in [9.17, 15) is 5.11 Å². The second kappa shape index (κ2) is 11.9. The van der Waals surface area contributed by atoms with E-state index in [4.69, 9.17) is 4.74 Å². The van der Waals surface area contributed by atoms with E-state index in [1.807, 2.05) is 48.3 Å². The first-order valence-electron chi connectivity index (χ1n) is 12.7. The summed E-state index contributed by atoms with van der Waals surface area (Å²) < 4.78 is 7.95. The fraction of sp³-hybridized carbons (Fsp3) is 0.345. The SMILES string of the molecule is C=CCCCc1cc(Nc2cc(-c3ccc4c(cnn4C)c3)ncn2)c(O)cc1OCCN(C)C(C)C. The van der Waals surface area contributed by atoms with Gasteiger partial charge >= 0.3 is 0 Å². The summed E-state index contributed by atoms with van der Waals surface area (Å²) in [6.45, 7) is 9.49. The Labute approximate surface area is 218 Å². The van der Waals surface area contributed by atoms with Crippen LogP contribution in [0.1, 0.15) is 32.3 Å². The van der Waals surface area contributed by atoms with Crippen molar-refractivity contribution in [3.8, 4) is 22.8 Å². The number of phenolic OH excluding ortho intramolecular Hbond substituents is 1. The zero-order valence-corrected chi connectivity index (χ0v) is 22.1. The van der Waals surface area contributed by atoms with Gasteiger partial charge in [-0.15, -0.1) is 6.58 Å². The van der Waals surface area contributed by atoms with Crippen LogP contribution in [-0.4, -0.2) is 56.0 Å². The number of phenols is 1. The number of hydrogen-bond donors (Lipinski definition) is 2. The Bertz CT molecular complexity index is 1360. The largest absolute Gasteiger partial charge is 0.506 e. The molecule has 0 spiro atoms. The molecule has 0 aliphatic carbocycles. The summed E-state index contributed by atoms with van der Waals surface area (Å²) in [5, 5.41) is 19.5. The molecule has 2 aromatic carbocycles. The Morgan fingerprint density at radius 2 is 2.03 bits per heavy atom. The molecule has 0 bridgehead atoms. The summed E-state index contributed by atoms with van der Waals surface area (Å²) in [6.07, 6.45) is 7.96. The van der Waals surface area contributed by atoms with Gasteiger partial charge in [-0.3, -0.25) is 4.68 Å². The Hall–Kier alpha value is -3.91. The molecule has 2 heterocycles. The lowest BCUT2D eigenvalue weighted by atomic mass is 10.1. The molecule has 0 atom stereocenters. The average molecular weight is 501 g/mol. The molecular weight excluding hydrogens is 464 g/mol. The predicted molar refractivity (Wildman–Crippen MR) is 150 cm³/mol. The Morgan fingerprint density at radius 3 is 2.81 bits per heavy atom. The number of aromatic nitrogens is 4. The molecule has 194 valence electrons. The van der Waals surface area contributed by atoms with Crippen molar-refractivity contribution in [1.82, 2.24) is 24.6 Å². The normalized spacial score (nSPS) is 11.4. The number of nitrogens with one attached hydrogen (secondary N) is 1. The van der Waals surface area contributed by atoms with Crippen molar-refractivity contribution in [2.45, 2.75) is 39.2 Å². The molecule has 8 heteroatoms. The summed E-state index contributed by atoms with van der Waals surface area (Å²) in [6, 6.07) is 12.1. The average Bonchev–Trinajstić information content (AvgIpc) is 3.26. The van der Waals surface area contributed by atoms with Gasteiger partial charge < -0.3 is 20.1 Å². The minimum atomic E-state index is 0.108. The highest BCUT2D eigenvalue weighted by atomic mass is 16.5. The van der Waals surface area contributed by atoms with E-state index >= 15 is 0 Å². The van der Waals surface area contributed by atoms with E-state index < -0.39 is 0 Å². The summed E-state index contributed by atoms with van der Waals surface area (Å²) in [7, 11) is 4.00. The number of fused-ring (bicyclic) bond motifs is 1. The van der Waals surface area contributed by atoms with E-state index in [2.05, 4.69) is 58.8 Å². The number of aromatic hydroxyl groups is 1. The fourth-order valence-corrected chi connectivity index (χ4v) is 4.08. The van der Waals surface area contributed by atoms with Crippen LogP contribution >= 0.6 is 0 Å². The van der Waals surface area contributed by atoms with Crippen LogP contribution in [0.2, 0.25) is 0 Å². The molecule has 8 nitrogen and oxygen atoms in total. The number of allylic oxidation sites excluding steroid dienone is 1. The molecule has 0 amide bonds. The van der Waals surface area contributed by atoms with Crippen LogP contribution in [0.4, 0.5) is 11.5 Å². The van der Waals surface area contributed by atoms with Crippen LogP contribution in [-0.2, 0) is 13.5 Å². The number of ether oxygens (including phenoxy) is 1. The van der Waals surface area contributed by atoms with Gasteiger partial charge in [-0.1, -0.05) is 12.1 Å². The molecule has 0 aliphatic rings. The van der Waals surface area contributed by atoms with E-state index in [1.165, 1.54) is 6.33 Å². The molecule has 0 fully saturated rings. The molecule has 4 aromatic rings. The second-order valence-electron chi connectivity index (χ2n) is 9.54. The number of rotatable bonds is 12. The Kier molecular flexibility index (Phi) is 8.40. The zero-order valence-electron chi connectivity index (χ0n) is 22.1. The predicted octanol–water partition coefficient (Wildman–Crippen LogP) is 5.71. The van der Waals surface area contributed by atoms with Crippen LogP contribution in [0, 0.1) is 0 Å². The van der Waals surface area contributed by atoms with Gasteiger partial charge in [-0.05, 0) is 63.9 Å². The Morgan fingerprint density at radius 1 is 1.19 bits per heavy atom. The number of aryl methyl sites for hydroxylation is 2. The molecule has 0 unspecified atom stereocenters. The first kappa shape index (κ1) is 26.2. The standard InChI is InChI=1S/C29H36N6O2/c1-6-7-8-9-22-15-25(27(36)17-28(22)37-13-12-34(4)20(2)3)33-29-16-24(30-19-31-29)21-10-11-26-23(14-21)18-32-35(26)5/h6,10-11,14-20,36H,1,7-9,12-13H2,2-5H3,(H,30,31,33). The number of anilines is 2. The summed E-state index contributed by atoms with van der Waals surface area (Å²) in [5.41, 5.74) is 4.42. The van der Waals surface area contributed by atoms with Gasteiger partial charge in [-0.2, -0.15) is 5.10 Å². The number of nitrogens with zero attached hydrogens (tertiary/aromatic N) is 5. The summed E-state index contributed by atoms with van der Waals surface area (Å²) in [4.78, 5) is 11.1. The van der Waals surface area contributed by atoms with Gasteiger partial charge in [0.1, 0.15) is 30.3 Å². The third-order valence-corrected chi connectivity index (χ3v) is 6.59. The number of hydrogen-bond acceptors (Lipinski definition) is 7. The third-order valence-electron chi connectivity index (χ3n) is 6.59. The van der Waals surface area contributed by atoms with E-state index in [-0.39, 0.29) is 5.75 Å². The van der Waals surface area contributed by atoms with Crippen molar-refractivity contribution in [2.24, 2.45) is 7.05 Å². The van der Waals surface area contributed by atoms with E-state index in [0.29, 0.717) is 29.9 Å². The van der Waals surface area contributed by atoms with Crippen molar-refractivity contribution in [1.29, 1.82) is 0 Å². The van der Waals surface area contributed by atoms with Crippen molar-refractivity contribution in [2.75, 3.05) is 25.5 Å². The first-order chi connectivity index (χ1) is 17.9. The van der Waals surface area contributed by atoms with E-state index in [1.54, 1.807) is 6.07 Å². The van der Waals surface area contributed by atoms with Gasteiger partial charge in [0.05, 0.1) is 23.1 Å². The monoisotopic (exact) mass is 500 g/mol. The highest BCUT2D eigenvalue weighted by Crippen LogP contribution is 2.35. The first-order valence-corrected chi connectivity index (χ1v) is 12.7. The van der Waals surface area contributed by atoms with Crippen LogP contribution in [0.5, 0.6) is 11.5 Å². The lowest BCUT2D eigenvalue weighted by Gasteiger charge is -2.22. The van der Waals surface area contributed by atoms with Crippen molar-refractivity contribution in [3.05, 3.63) is 67.1 Å². The van der Waals surface area contributed by atoms with E-state index in [0.717, 1.165) is 53.5 Å². The highest BCUT2D eigenvalue weighted by molar-refractivity contribution is 5.84. The zero-order chi connectivity index (χ0) is 26.4. The molecule has 4 rings (SSSR count). The van der Waals surface area contributed by atoms with Crippen LogP contribution < -0.4 is 10.1 Å². The number of benzene rings is 2. The molecule has 37 heavy (non-hydrogen) atoms. The molecule has 0 aliphatic heterocycles. The van der Waals surface area contributed by atoms with Crippen LogP contribution in [0.3, 0.4) is 0 Å². The maximum absolute atomic E-state index is 10.8. The fourth-order valence-electron chi connectivity index (χ4n) is 4.08. The van der Waals surface area contributed by atoms with Gasteiger partial charge in [0, 0.05) is 42.7 Å². The number of likely N-dealkylation sites (N-methyl/N-ethyl adjacent to an activating group) is 1. The molecule has 0 radical (unpaired) electrons. The van der Waals surface area contributed by atoms with Gasteiger partial charge in [0.25, 0.3) is 0 Å². The number of unbranched alkanes of at least 4 members (excludes halogenated alkanes) is 1. The summed E-state index contributed by atoms with van der Waals surface area (Å²) >= 11 is 0. The summed E-state index contributed by atoms with van der Waals surface area (Å²) in [5.74, 6) is 1.41. The highest BCUT2D eigenvalue weighted by Gasteiger charge is 2.13. The lowest BCUT2D eigenvalue weighted by molar-refractivity contribution is 0.207. The molecule has 2 aromatic heterocycles. The minimum Gasteiger partial charge on any atom is -0.506 e. The quantitative estimate of drug-likeness (QED) is 0.146. The Balaban J connectivity index is 1.55. The van der Waals surface area contributed by atoms with Crippen LogP contribution in [0.25, 0.3) is 22.2 Å². The lowest BCUT2D eigenvalue weighted by Crippen LogP contribution is -2.30. The molecule has 2 N–H and O–H groups in total. The van der Waals surface area contributed by atoms with Crippen molar-refractivity contribution < 1.29 is 9.84 Å². The van der Waals surface area contributed by atoms with Gasteiger partial charge in [0.15, 0.2) is 0 Å². The molecule has 0 saturated carbocycles. The van der Waals surface area contributed by atoms with Gasteiger partial charge in [-0.25, -0.2) is 9.97 Å². The van der Waals surface area contributed by atoms with Crippen LogP contribution in [0.15, 0.2) is 61.6 Å². The maximum Gasteiger partial charge on any atom is 0.142 e. The van der Waals surface area contributed by atoms with Crippen molar-refractivity contribution in [3.63, 3.8) is 0 Å². The second-order valence-corrected chi connectivity index (χ2v) is 9.54. The molecular formula is C29H36N6O2. The minimum absolute atomic E-state index is 0.108. The topological polar surface area (TPSA) is 88.3 Å². The molecule has 0 saturated heterocycles. The third kappa shape index (κ3) is 6.46.